The Morgan fingerprint density at radius 1 is 1.38 bits per heavy atom. The van der Waals surface area contributed by atoms with E-state index in [0.717, 1.165) is 15.4 Å². The summed E-state index contributed by atoms with van der Waals surface area (Å²) in [5, 5.41) is 0.952. The number of rotatable bonds is 0. The number of halogens is 2. The molecule has 0 spiro atoms. The molecule has 3 heteroatoms. The predicted molar refractivity (Wildman–Crippen MR) is 54.1 cm³/mol. The monoisotopic (exact) mass is 239 g/mol. The zero-order valence-corrected chi connectivity index (χ0v) is 8.60. The SMILES string of the molecule is Cc1c(F)ccc2cc(Br)cnc12. The topological polar surface area (TPSA) is 12.9 Å². The summed E-state index contributed by atoms with van der Waals surface area (Å²) in [6.07, 6.45) is 1.68. The summed E-state index contributed by atoms with van der Waals surface area (Å²) < 4.78 is 14.0. The minimum absolute atomic E-state index is 0.206. The molecule has 0 N–H and O–H groups in total. The van der Waals surface area contributed by atoms with Crippen LogP contribution in [0.5, 0.6) is 0 Å². The Kier molecular flexibility index (Phi) is 2.04. The maximum atomic E-state index is 13.1. The number of aryl methyl sites for hydroxylation is 1. The second kappa shape index (κ2) is 3.07. The molecule has 1 nitrogen and oxygen atoms in total. The van der Waals surface area contributed by atoms with Gasteiger partial charge in [-0.3, -0.25) is 4.98 Å². The fraction of sp³-hybridized carbons (Fsp3) is 0.100. The van der Waals surface area contributed by atoms with Crippen LogP contribution in [0.1, 0.15) is 5.56 Å². The zero-order chi connectivity index (χ0) is 9.42. The summed E-state index contributed by atoms with van der Waals surface area (Å²) in [6, 6.07) is 5.12. The molecule has 0 atom stereocenters. The smallest absolute Gasteiger partial charge is 0.128 e. The molecule has 0 aliphatic rings. The van der Waals surface area contributed by atoms with Crippen LogP contribution in [-0.2, 0) is 0 Å². The van der Waals surface area contributed by atoms with Crippen molar-refractivity contribution in [3.63, 3.8) is 0 Å². The largest absolute Gasteiger partial charge is 0.255 e. The predicted octanol–water partition coefficient (Wildman–Crippen LogP) is 3.44. The fourth-order valence-electron chi connectivity index (χ4n) is 1.30. The van der Waals surface area contributed by atoms with Gasteiger partial charge in [0.2, 0.25) is 0 Å². The molecule has 0 fully saturated rings. The third-order valence-corrected chi connectivity index (χ3v) is 2.44. The van der Waals surface area contributed by atoms with Crippen LogP contribution >= 0.6 is 15.9 Å². The lowest BCUT2D eigenvalue weighted by Crippen LogP contribution is -1.87. The first kappa shape index (κ1) is 8.63. The molecule has 2 aromatic rings. The van der Waals surface area contributed by atoms with E-state index in [2.05, 4.69) is 20.9 Å². The van der Waals surface area contributed by atoms with E-state index in [1.807, 2.05) is 6.07 Å². The Morgan fingerprint density at radius 2 is 2.15 bits per heavy atom. The standard InChI is InChI=1S/C10H7BrFN/c1-6-9(12)3-2-7-4-8(11)5-13-10(6)7/h2-5H,1H3. The molecule has 66 valence electrons. The van der Waals surface area contributed by atoms with Gasteiger partial charge >= 0.3 is 0 Å². The van der Waals surface area contributed by atoms with Gasteiger partial charge in [-0.05, 0) is 41.1 Å². The van der Waals surface area contributed by atoms with Crippen LogP contribution < -0.4 is 0 Å². The highest BCUT2D eigenvalue weighted by Gasteiger charge is 2.03. The van der Waals surface area contributed by atoms with Gasteiger partial charge in [0.1, 0.15) is 5.82 Å². The van der Waals surface area contributed by atoms with Gasteiger partial charge in [0.05, 0.1) is 5.52 Å². The molecule has 0 radical (unpaired) electrons. The highest BCUT2D eigenvalue weighted by Crippen LogP contribution is 2.21. The maximum Gasteiger partial charge on any atom is 0.128 e. The molecule has 13 heavy (non-hydrogen) atoms. The molecule has 0 aliphatic carbocycles. The van der Waals surface area contributed by atoms with E-state index in [4.69, 9.17) is 0 Å². The molecule has 0 unspecified atom stereocenters. The summed E-state index contributed by atoms with van der Waals surface area (Å²) in [5.41, 5.74) is 1.33. The second-order valence-corrected chi connectivity index (χ2v) is 3.81. The number of aromatic nitrogens is 1. The van der Waals surface area contributed by atoms with Gasteiger partial charge in [-0.25, -0.2) is 4.39 Å². The van der Waals surface area contributed by atoms with Crippen LogP contribution in [0.4, 0.5) is 4.39 Å². The Morgan fingerprint density at radius 3 is 2.92 bits per heavy atom. The van der Waals surface area contributed by atoms with Crippen molar-refractivity contribution in [3.8, 4) is 0 Å². The number of pyridine rings is 1. The van der Waals surface area contributed by atoms with Gasteiger partial charge in [0.15, 0.2) is 0 Å². The first-order valence-corrected chi connectivity index (χ1v) is 4.68. The lowest BCUT2D eigenvalue weighted by atomic mass is 10.1. The summed E-state index contributed by atoms with van der Waals surface area (Å²) in [6.45, 7) is 1.73. The van der Waals surface area contributed by atoms with E-state index in [9.17, 15) is 4.39 Å². The highest BCUT2D eigenvalue weighted by atomic mass is 79.9. The van der Waals surface area contributed by atoms with Crippen LogP contribution in [0.2, 0.25) is 0 Å². The first-order valence-electron chi connectivity index (χ1n) is 3.89. The summed E-state index contributed by atoms with van der Waals surface area (Å²) in [4.78, 5) is 4.15. The average molecular weight is 240 g/mol. The lowest BCUT2D eigenvalue weighted by molar-refractivity contribution is 0.620. The van der Waals surface area contributed by atoms with E-state index < -0.39 is 0 Å². The third-order valence-electron chi connectivity index (χ3n) is 2.01. The van der Waals surface area contributed by atoms with E-state index in [-0.39, 0.29) is 5.82 Å². The third kappa shape index (κ3) is 1.44. The van der Waals surface area contributed by atoms with E-state index >= 15 is 0 Å². The van der Waals surface area contributed by atoms with Crippen LogP contribution in [0.3, 0.4) is 0 Å². The number of hydrogen-bond donors (Lipinski definition) is 0. The minimum Gasteiger partial charge on any atom is -0.255 e. The van der Waals surface area contributed by atoms with Crippen molar-refractivity contribution in [1.29, 1.82) is 0 Å². The van der Waals surface area contributed by atoms with Gasteiger partial charge in [-0.15, -0.1) is 0 Å². The normalized spacial score (nSPS) is 10.7. The van der Waals surface area contributed by atoms with Crippen molar-refractivity contribution in [2.24, 2.45) is 0 Å². The molecule has 0 saturated heterocycles. The molecule has 2 rings (SSSR count). The number of fused-ring (bicyclic) bond motifs is 1. The molecule has 0 amide bonds. The molecule has 0 saturated carbocycles. The van der Waals surface area contributed by atoms with Crippen molar-refractivity contribution >= 4 is 26.8 Å². The molecule has 0 aliphatic heterocycles. The van der Waals surface area contributed by atoms with Gasteiger partial charge in [0, 0.05) is 21.6 Å². The minimum atomic E-state index is -0.206. The summed E-state index contributed by atoms with van der Waals surface area (Å²) >= 11 is 3.32. The Hall–Kier alpha value is -0.960. The zero-order valence-electron chi connectivity index (χ0n) is 7.01. The van der Waals surface area contributed by atoms with Gasteiger partial charge < -0.3 is 0 Å². The quantitative estimate of drug-likeness (QED) is 0.687. The first-order chi connectivity index (χ1) is 6.18. The highest BCUT2D eigenvalue weighted by molar-refractivity contribution is 9.10. The van der Waals surface area contributed by atoms with Gasteiger partial charge in [0.25, 0.3) is 0 Å². The maximum absolute atomic E-state index is 13.1. The fourth-order valence-corrected chi connectivity index (χ4v) is 1.65. The van der Waals surface area contributed by atoms with Gasteiger partial charge in [-0.2, -0.15) is 0 Å². The molecule has 1 aromatic carbocycles. The van der Waals surface area contributed by atoms with Crippen LogP contribution in [0, 0.1) is 12.7 Å². The second-order valence-electron chi connectivity index (χ2n) is 2.90. The Bertz CT molecular complexity index is 468. The van der Waals surface area contributed by atoms with Crippen LogP contribution in [0.15, 0.2) is 28.9 Å². The van der Waals surface area contributed by atoms with E-state index in [0.29, 0.717) is 5.56 Å². The molecular weight excluding hydrogens is 233 g/mol. The molecule has 1 heterocycles. The number of hydrogen-bond acceptors (Lipinski definition) is 1. The lowest BCUT2D eigenvalue weighted by Gasteiger charge is -2.02. The Labute approximate surface area is 83.7 Å². The van der Waals surface area contributed by atoms with Crippen LogP contribution in [0.25, 0.3) is 10.9 Å². The average Bonchev–Trinajstić information content (AvgIpc) is 2.12. The number of nitrogens with zero attached hydrogens (tertiary/aromatic N) is 1. The number of benzene rings is 1. The molecule has 1 aromatic heterocycles. The summed E-state index contributed by atoms with van der Waals surface area (Å²) in [5.74, 6) is -0.206. The molecular formula is C10H7BrFN. The van der Waals surface area contributed by atoms with Crippen molar-refractivity contribution in [1.82, 2.24) is 4.98 Å². The summed E-state index contributed by atoms with van der Waals surface area (Å²) in [7, 11) is 0. The van der Waals surface area contributed by atoms with Crippen molar-refractivity contribution in [2.75, 3.05) is 0 Å². The molecule has 0 bridgehead atoms. The van der Waals surface area contributed by atoms with Crippen molar-refractivity contribution in [2.45, 2.75) is 6.92 Å². The van der Waals surface area contributed by atoms with Crippen LogP contribution in [-0.4, -0.2) is 4.98 Å². The van der Waals surface area contributed by atoms with Crippen molar-refractivity contribution < 1.29 is 4.39 Å². The van der Waals surface area contributed by atoms with Gasteiger partial charge in [-0.1, -0.05) is 0 Å². The van der Waals surface area contributed by atoms with Crippen molar-refractivity contribution in [3.05, 3.63) is 40.2 Å². The van der Waals surface area contributed by atoms with E-state index in [1.165, 1.54) is 6.07 Å². The Balaban J connectivity index is 2.87. The van der Waals surface area contributed by atoms with E-state index in [1.54, 1.807) is 19.2 Å².